The molecular weight excluding hydrogens is 400 g/mol. The fourth-order valence-electron chi connectivity index (χ4n) is 2.64. The van der Waals surface area contributed by atoms with Gasteiger partial charge in [-0.1, -0.05) is 11.8 Å². The van der Waals surface area contributed by atoms with Crippen LogP contribution in [0, 0.1) is 18.8 Å². The van der Waals surface area contributed by atoms with Gasteiger partial charge in [0.1, 0.15) is 22.8 Å². The molecule has 0 aromatic heterocycles. The summed E-state index contributed by atoms with van der Waals surface area (Å²) in [5.74, 6) is 6.81. The third-order valence-corrected chi connectivity index (χ3v) is 5.98. The third kappa shape index (κ3) is 5.20. The van der Waals surface area contributed by atoms with Gasteiger partial charge in [0.2, 0.25) is 9.84 Å². The molecule has 3 aromatic rings. The smallest absolute Gasteiger partial charge is 0.206 e. The molecule has 6 heteroatoms. The van der Waals surface area contributed by atoms with Crippen molar-refractivity contribution in [3.05, 3.63) is 77.9 Å². The van der Waals surface area contributed by atoms with Gasteiger partial charge in [-0.25, -0.2) is 8.42 Å². The highest BCUT2D eigenvalue weighted by molar-refractivity contribution is 7.91. The van der Waals surface area contributed by atoms with Crippen molar-refractivity contribution >= 4 is 9.84 Å². The molecule has 0 heterocycles. The summed E-state index contributed by atoms with van der Waals surface area (Å²) in [6, 6.07) is 17.0. The Bertz CT molecular complexity index is 1210. The minimum Gasteiger partial charge on any atom is -0.508 e. The Kier molecular flexibility index (Phi) is 5.88. The van der Waals surface area contributed by atoms with E-state index in [1.54, 1.807) is 38.1 Å². The van der Waals surface area contributed by atoms with E-state index in [4.69, 9.17) is 4.74 Å². The zero-order valence-corrected chi connectivity index (χ0v) is 17.7. The molecular formula is C24H22O5S. The predicted octanol–water partition coefficient (Wildman–Crippen LogP) is 4.45. The molecule has 3 rings (SSSR count). The number of rotatable bonds is 4. The van der Waals surface area contributed by atoms with E-state index in [-0.39, 0.29) is 15.5 Å². The van der Waals surface area contributed by atoms with Crippen LogP contribution in [0.2, 0.25) is 0 Å². The van der Waals surface area contributed by atoms with Gasteiger partial charge in [0.25, 0.3) is 0 Å². The summed E-state index contributed by atoms with van der Waals surface area (Å²) in [6.45, 7) is 5.12. The second kappa shape index (κ2) is 8.23. The van der Waals surface area contributed by atoms with Crippen LogP contribution in [0.3, 0.4) is 0 Å². The summed E-state index contributed by atoms with van der Waals surface area (Å²) < 4.78 is 31.2. The summed E-state index contributed by atoms with van der Waals surface area (Å²) in [5, 5.41) is 19.1. The number of aromatic hydroxyl groups is 1. The van der Waals surface area contributed by atoms with E-state index in [0.29, 0.717) is 11.5 Å². The lowest BCUT2D eigenvalue weighted by molar-refractivity contribution is 0.143. The SMILES string of the molecule is Cc1cc(C#CC(C)(C)O)ccc1Oc1ccc(S(=O)(=O)c2ccc(O)cc2)cc1. The Morgan fingerprint density at radius 2 is 1.47 bits per heavy atom. The monoisotopic (exact) mass is 422 g/mol. The molecule has 0 spiro atoms. The van der Waals surface area contributed by atoms with Crippen LogP contribution in [0.1, 0.15) is 25.0 Å². The molecule has 0 bridgehead atoms. The number of hydrogen-bond donors (Lipinski definition) is 2. The molecule has 3 aromatic carbocycles. The van der Waals surface area contributed by atoms with Crippen molar-refractivity contribution in [2.45, 2.75) is 36.2 Å². The number of benzene rings is 3. The van der Waals surface area contributed by atoms with Crippen LogP contribution in [0.4, 0.5) is 0 Å². The molecule has 154 valence electrons. The molecule has 0 aliphatic heterocycles. The van der Waals surface area contributed by atoms with E-state index in [1.165, 1.54) is 36.4 Å². The first kappa shape index (κ1) is 21.4. The molecule has 2 N–H and O–H groups in total. The minimum absolute atomic E-state index is 0.00476. The van der Waals surface area contributed by atoms with Crippen molar-refractivity contribution in [2.75, 3.05) is 0 Å². The zero-order valence-electron chi connectivity index (χ0n) is 16.9. The topological polar surface area (TPSA) is 83.8 Å². The van der Waals surface area contributed by atoms with E-state index in [0.717, 1.165) is 11.1 Å². The molecule has 0 aliphatic carbocycles. The van der Waals surface area contributed by atoms with E-state index in [9.17, 15) is 18.6 Å². The van der Waals surface area contributed by atoms with Crippen LogP contribution in [-0.2, 0) is 9.84 Å². The first-order chi connectivity index (χ1) is 14.0. The quantitative estimate of drug-likeness (QED) is 0.607. The number of aliphatic hydroxyl groups is 1. The van der Waals surface area contributed by atoms with Gasteiger partial charge in [-0.15, -0.1) is 0 Å². The number of hydrogen-bond acceptors (Lipinski definition) is 5. The highest BCUT2D eigenvalue weighted by atomic mass is 32.2. The predicted molar refractivity (Wildman–Crippen MR) is 114 cm³/mol. The molecule has 30 heavy (non-hydrogen) atoms. The van der Waals surface area contributed by atoms with Crippen molar-refractivity contribution in [1.29, 1.82) is 0 Å². The van der Waals surface area contributed by atoms with Gasteiger partial charge in [-0.05, 0) is 93.1 Å². The molecule has 0 fully saturated rings. The van der Waals surface area contributed by atoms with Crippen LogP contribution < -0.4 is 4.74 Å². The summed E-state index contributed by atoms with van der Waals surface area (Å²) in [6.07, 6.45) is 0. The van der Waals surface area contributed by atoms with Gasteiger partial charge in [0.05, 0.1) is 9.79 Å². The van der Waals surface area contributed by atoms with Gasteiger partial charge in [-0.2, -0.15) is 0 Å². The Morgan fingerprint density at radius 3 is 2.00 bits per heavy atom. The second-order valence-electron chi connectivity index (χ2n) is 7.36. The van der Waals surface area contributed by atoms with Crippen LogP contribution in [-0.4, -0.2) is 24.2 Å². The first-order valence-corrected chi connectivity index (χ1v) is 10.7. The third-order valence-electron chi connectivity index (χ3n) is 4.20. The lowest BCUT2D eigenvalue weighted by atomic mass is 10.1. The number of phenolic OH excluding ortho intramolecular Hbond substituents is 1. The molecule has 0 atom stereocenters. The summed E-state index contributed by atoms with van der Waals surface area (Å²) in [7, 11) is -3.68. The average Bonchev–Trinajstić information content (AvgIpc) is 2.68. The normalized spacial score (nSPS) is 11.5. The lowest BCUT2D eigenvalue weighted by Gasteiger charge is -2.11. The van der Waals surface area contributed by atoms with Crippen molar-refractivity contribution in [3.63, 3.8) is 0 Å². The minimum atomic E-state index is -3.68. The van der Waals surface area contributed by atoms with Gasteiger partial charge >= 0.3 is 0 Å². The van der Waals surface area contributed by atoms with E-state index >= 15 is 0 Å². The van der Waals surface area contributed by atoms with Crippen LogP contribution >= 0.6 is 0 Å². The van der Waals surface area contributed by atoms with Crippen LogP contribution in [0.5, 0.6) is 17.2 Å². The average molecular weight is 423 g/mol. The van der Waals surface area contributed by atoms with Crippen molar-refractivity contribution in [3.8, 4) is 29.1 Å². The Balaban J connectivity index is 1.79. The lowest BCUT2D eigenvalue weighted by Crippen LogP contribution is -2.14. The Hall–Kier alpha value is -3.27. The molecule has 0 amide bonds. The van der Waals surface area contributed by atoms with Gasteiger partial charge in [0.15, 0.2) is 0 Å². The maximum absolute atomic E-state index is 12.7. The van der Waals surface area contributed by atoms with Crippen molar-refractivity contribution < 1.29 is 23.4 Å². The molecule has 0 unspecified atom stereocenters. The van der Waals surface area contributed by atoms with Crippen LogP contribution in [0.25, 0.3) is 0 Å². The summed E-state index contributed by atoms with van der Waals surface area (Å²) >= 11 is 0. The first-order valence-electron chi connectivity index (χ1n) is 9.23. The fraction of sp³-hybridized carbons (Fsp3) is 0.167. The number of aryl methyl sites for hydroxylation is 1. The summed E-state index contributed by atoms with van der Waals surface area (Å²) in [5.41, 5.74) is 0.557. The van der Waals surface area contributed by atoms with Crippen LogP contribution in [0.15, 0.2) is 76.5 Å². The number of ether oxygens (including phenoxy) is 1. The largest absolute Gasteiger partial charge is 0.508 e. The van der Waals surface area contributed by atoms with E-state index in [1.807, 2.05) is 13.0 Å². The highest BCUT2D eigenvalue weighted by Gasteiger charge is 2.17. The zero-order chi connectivity index (χ0) is 21.9. The second-order valence-corrected chi connectivity index (χ2v) is 9.31. The Labute approximate surface area is 176 Å². The molecule has 0 radical (unpaired) electrons. The highest BCUT2D eigenvalue weighted by Crippen LogP contribution is 2.28. The molecule has 0 saturated heterocycles. The van der Waals surface area contributed by atoms with E-state index < -0.39 is 15.4 Å². The summed E-state index contributed by atoms with van der Waals surface area (Å²) in [4.78, 5) is 0.238. The standard InChI is InChI=1S/C24H22O5S/c1-17-16-18(14-15-24(2,3)26)4-13-23(17)29-20-7-11-22(12-8-20)30(27,28)21-9-5-19(25)6-10-21/h4-13,16,25-26H,1-3H3. The van der Waals surface area contributed by atoms with E-state index in [2.05, 4.69) is 11.8 Å². The number of sulfone groups is 1. The molecule has 0 saturated carbocycles. The van der Waals surface area contributed by atoms with Crippen molar-refractivity contribution in [2.24, 2.45) is 0 Å². The van der Waals surface area contributed by atoms with Gasteiger partial charge in [-0.3, -0.25) is 0 Å². The van der Waals surface area contributed by atoms with Gasteiger partial charge in [0, 0.05) is 5.56 Å². The maximum Gasteiger partial charge on any atom is 0.206 e. The van der Waals surface area contributed by atoms with Crippen molar-refractivity contribution in [1.82, 2.24) is 0 Å². The molecule has 5 nitrogen and oxygen atoms in total. The maximum atomic E-state index is 12.7. The molecule has 0 aliphatic rings. The Morgan fingerprint density at radius 1 is 0.900 bits per heavy atom. The number of phenols is 1. The van der Waals surface area contributed by atoms with Gasteiger partial charge < -0.3 is 14.9 Å². The fourth-order valence-corrected chi connectivity index (χ4v) is 3.90.